The summed E-state index contributed by atoms with van der Waals surface area (Å²) in [6.45, 7) is 7.31. The zero-order valence-electron chi connectivity index (χ0n) is 22.7. The van der Waals surface area contributed by atoms with Crippen LogP contribution in [0, 0.1) is 17.3 Å². The Hall–Kier alpha value is -2.58. The molecule has 6 nitrogen and oxygen atoms in total. The first-order valence-corrected chi connectivity index (χ1v) is 14.4. The summed E-state index contributed by atoms with van der Waals surface area (Å²) in [5, 5.41) is 3.14. The van der Waals surface area contributed by atoms with Gasteiger partial charge in [0.15, 0.2) is 0 Å². The van der Waals surface area contributed by atoms with Crippen LogP contribution in [0.15, 0.2) is 36.5 Å². The van der Waals surface area contributed by atoms with Crippen molar-refractivity contribution in [2.24, 2.45) is 17.3 Å². The number of benzene rings is 1. The van der Waals surface area contributed by atoms with Crippen molar-refractivity contribution in [3.8, 4) is 0 Å². The Bertz CT molecular complexity index is 1290. The number of hydrogen-bond donors (Lipinski definition) is 1. The van der Waals surface area contributed by atoms with Gasteiger partial charge in [-0.15, -0.1) is 0 Å². The molecule has 2 spiro atoms. The van der Waals surface area contributed by atoms with Crippen LogP contribution in [0.1, 0.15) is 72.6 Å². The van der Waals surface area contributed by atoms with Gasteiger partial charge < -0.3 is 19.7 Å². The fourth-order valence-corrected chi connectivity index (χ4v) is 8.12. The number of carbonyl (C=O) groups is 1. The molecule has 208 valence electrons. The number of halogens is 2. The highest BCUT2D eigenvalue weighted by Gasteiger charge is 2.73. The van der Waals surface area contributed by atoms with Crippen molar-refractivity contribution in [2.75, 3.05) is 37.9 Å². The molecular formula is C31H37F2N3O3. The normalized spacial score (nSPS) is 32.8. The van der Waals surface area contributed by atoms with Gasteiger partial charge in [-0.1, -0.05) is 19.1 Å². The number of amides is 1. The molecule has 1 aromatic heterocycles. The first-order valence-electron chi connectivity index (χ1n) is 14.4. The molecule has 0 radical (unpaired) electrons. The smallest absolute Gasteiger partial charge is 0.286 e. The Morgan fingerprint density at radius 1 is 1.18 bits per heavy atom. The first-order chi connectivity index (χ1) is 18.7. The highest BCUT2D eigenvalue weighted by molar-refractivity contribution is 5.94. The summed E-state index contributed by atoms with van der Waals surface area (Å²) in [5.41, 5.74) is 4.32. The van der Waals surface area contributed by atoms with Crippen molar-refractivity contribution < 1.29 is 23.0 Å². The second kappa shape index (κ2) is 8.96. The van der Waals surface area contributed by atoms with Gasteiger partial charge in [0.25, 0.3) is 11.8 Å². The Kier molecular flexibility index (Phi) is 5.84. The molecule has 2 aromatic rings. The third-order valence-corrected chi connectivity index (χ3v) is 10.4. The van der Waals surface area contributed by atoms with E-state index in [9.17, 15) is 13.6 Å². The second-order valence-corrected chi connectivity index (χ2v) is 12.8. The summed E-state index contributed by atoms with van der Waals surface area (Å²) < 4.78 is 39.4. The molecule has 1 amide bonds. The Morgan fingerprint density at radius 3 is 2.79 bits per heavy atom. The minimum atomic E-state index is -3.09. The van der Waals surface area contributed by atoms with Crippen molar-refractivity contribution in [2.45, 2.75) is 69.4 Å². The molecule has 8 heteroatoms. The van der Waals surface area contributed by atoms with Gasteiger partial charge in [-0.05, 0) is 73.3 Å². The summed E-state index contributed by atoms with van der Waals surface area (Å²) in [6.07, 6.45) is 6.26. The number of rotatable bonds is 4. The summed E-state index contributed by atoms with van der Waals surface area (Å²) in [7, 11) is 0. The summed E-state index contributed by atoms with van der Waals surface area (Å²) in [4.78, 5) is 19.4. The van der Waals surface area contributed by atoms with Crippen LogP contribution >= 0.6 is 0 Å². The zero-order valence-corrected chi connectivity index (χ0v) is 22.7. The van der Waals surface area contributed by atoms with Crippen LogP contribution in [0.5, 0.6) is 0 Å². The van der Waals surface area contributed by atoms with Gasteiger partial charge in [0.2, 0.25) is 0 Å². The number of carbonyl (C=O) groups excluding carboxylic acids is 1. The Morgan fingerprint density at radius 2 is 2.03 bits per heavy atom. The van der Waals surface area contributed by atoms with Gasteiger partial charge in [0, 0.05) is 48.3 Å². The fourth-order valence-electron chi connectivity index (χ4n) is 8.12. The molecule has 3 aliphatic heterocycles. The van der Waals surface area contributed by atoms with Crippen LogP contribution in [0.4, 0.5) is 14.5 Å². The molecule has 2 aliphatic carbocycles. The SMILES string of the molecule is CC1CCC(NC(=O)c2ccnc(C(C)(F)F)c2)CC1c1ccc2c(c1)N1CCOCC3CC31C1(COC1)C2. The molecule has 2 saturated carbocycles. The number of nitrogens with zero attached hydrogens (tertiary/aromatic N) is 2. The topological polar surface area (TPSA) is 63.7 Å². The fraction of sp³-hybridized carbons (Fsp3) is 0.613. The maximum Gasteiger partial charge on any atom is 0.286 e. The molecule has 7 rings (SSSR count). The van der Waals surface area contributed by atoms with Crippen molar-refractivity contribution in [3.63, 3.8) is 0 Å². The second-order valence-electron chi connectivity index (χ2n) is 12.8. The van der Waals surface area contributed by atoms with Gasteiger partial charge in [-0.25, -0.2) is 0 Å². The van der Waals surface area contributed by atoms with E-state index in [0.29, 0.717) is 17.8 Å². The van der Waals surface area contributed by atoms with E-state index in [4.69, 9.17) is 9.47 Å². The Balaban J connectivity index is 1.13. The van der Waals surface area contributed by atoms with Crippen LogP contribution in [0.2, 0.25) is 0 Å². The van der Waals surface area contributed by atoms with Gasteiger partial charge in [-0.3, -0.25) is 9.78 Å². The number of pyridine rings is 1. The summed E-state index contributed by atoms with van der Waals surface area (Å²) >= 11 is 0. The van der Waals surface area contributed by atoms with Crippen molar-refractivity contribution in [1.29, 1.82) is 0 Å². The molecule has 5 aliphatic rings. The van der Waals surface area contributed by atoms with Crippen LogP contribution in [-0.2, 0) is 21.8 Å². The van der Waals surface area contributed by atoms with Crippen LogP contribution in [-0.4, -0.2) is 55.4 Å². The lowest BCUT2D eigenvalue weighted by atomic mass is 9.66. The first kappa shape index (κ1) is 25.4. The quantitative estimate of drug-likeness (QED) is 0.591. The lowest BCUT2D eigenvalue weighted by molar-refractivity contribution is -0.139. The molecule has 0 bridgehead atoms. The predicted octanol–water partition coefficient (Wildman–Crippen LogP) is 5.06. The van der Waals surface area contributed by atoms with E-state index in [2.05, 4.69) is 40.3 Å². The number of aromatic nitrogens is 1. The van der Waals surface area contributed by atoms with Gasteiger partial charge in [0.1, 0.15) is 5.69 Å². The maximum atomic E-state index is 13.8. The third-order valence-electron chi connectivity index (χ3n) is 10.4. The monoisotopic (exact) mass is 537 g/mol. The van der Waals surface area contributed by atoms with E-state index < -0.39 is 5.92 Å². The van der Waals surface area contributed by atoms with Crippen molar-refractivity contribution >= 4 is 11.6 Å². The minimum absolute atomic E-state index is 0.00498. The van der Waals surface area contributed by atoms with E-state index in [1.807, 2.05) is 0 Å². The van der Waals surface area contributed by atoms with Gasteiger partial charge >= 0.3 is 0 Å². The average Bonchev–Trinajstić information content (AvgIpc) is 3.63. The molecule has 1 N–H and O–H groups in total. The summed E-state index contributed by atoms with van der Waals surface area (Å²) in [5.74, 6) is -2.01. The van der Waals surface area contributed by atoms with Gasteiger partial charge in [0.05, 0.1) is 32.0 Å². The largest absolute Gasteiger partial charge is 0.380 e. The number of ether oxygens (including phenoxy) is 2. The van der Waals surface area contributed by atoms with E-state index in [1.54, 1.807) is 0 Å². The standard InChI is InChI=1S/C31H37F2N3O3/c1-19-3-6-24(35-28(37)21-7-8-34-27(12-21)29(2,32)33)13-25(19)20-4-5-22-14-30(17-39-18-30)31-15-23(31)16-38-10-9-36(31)26(22)11-20/h4-5,7-8,11-12,19,23-25H,3,6,9-10,13-18H2,1-2H3,(H,35,37). The lowest BCUT2D eigenvalue weighted by Gasteiger charge is -2.57. The predicted molar refractivity (Wildman–Crippen MR) is 143 cm³/mol. The Labute approximate surface area is 228 Å². The van der Waals surface area contributed by atoms with Crippen LogP contribution in [0.25, 0.3) is 0 Å². The number of nitrogens with one attached hydrogen (secondary N) is 1. The minimum Gasteiger partial charge on any atom is -0.380 e. The van der Waals surface area contributed by atoms with E-state index in [1.165, 1.54) is 41.6 Å². The molecule has 39 heavy (non-hydrogen) atoms. The van der Waals surface area contributed by atoms with Crippen molar-refractivity contribution in [1.82, 2.24) is 10.3 Å². The zero-order chi connectivity index (χ0) is 27.0. The third kappa shape index (κ3) is 4.00. The van der Waals surface area contributed by atoms with E-state index in [0.717, 1.165) is 65.6 Å². The van der Waals surface area contributed by atoms with Crippen LogP contribution in [0.3, 0.4) is 0 Å². The number of hydrogen-bond acceptors (Lipinski definition) is 5. The highest BCUT2D eigenvalue weighted by Crippen LogP contribution is 2.67. The molecule has 4 fully saturated rings. The maximum absolute atomic E-state index is 13.8. The van der Waals surface area contributed by atoms with E-state index >= 15 is 0 Å². The van der Waals surface area contributed by atoms with E-state index in [-0.39, 0.29) is 34.2 Å². The number of anilines is 1. The lowest BCUT2D eigenvalue weighted by Crippen LogP contribution is -2.65. The molecular weight excluding hydrogens is 500 g/mol. The highest BCUT2D eigenvalue weighted by atomic mass is 19.3. The summed E-state index contributed by atoms with van der Waals surface area (Å²) in [6, 6.07) is 9.75. The number of alkyl halides is 2. The van der Waals surface area contributed by atoms with Crippen LogP contribution < -0.4 is 10.2 Å². The molecule has 5 unspecified atom stereocenters. The molecule has 5 atom stereocenters. The van der Waals surface area contributed by atoms with Gasteiger partial charge in [-0.2, -0.15) is 8.78 Å². The molecule has 1 aromatic carbocycles. The molecule has 4 heterocycles. The van der Waals surface area contributed by atoms with Crippen molar-refractivity contribution in [3.05, 3.63) is 58.9 Å². The average molecular weight is 538 g/mol. The molecule has 2 saturated heterocycles. The number of fused-ring (bicyclic) bond motifs is 2.